The summed E-state index contributed by atoms with van der Waals surface area (Å²) in [5.74, 6) is 0.281. The Labute approximate surface area is 120 Å². The van der Waals surface area contributed by atoms with Crippen molar-refractivity contribution in [1.82, 2.24) is 9.88 Å². The summed E-state index contributed by atoms with van der Waals surface area (Å²) in [6.45, 7) is 2.90. The van der Waals surface area contributed by atoms with E-state index in [9.17, 15) is 4.79 Å². The smallest absolute Gasteiger partial charge is 0.268 e. The fourth-order valence-corrected chi connectivity index (χ4v) is 2.60. The van der Waals surface area contributed by atoms with Gasteiger partial charge in [0.15, 0.2) is 0 Å². The van der Waals surface area contributed by atoms with Crippen LogP contribution < -0.4 is 11.1 Å². The average molecular weight is 279 g/mol. The summed E-state index contributed by atoms with van der Waals surface area (Å²) in [4.78, 5) is 12.3. The summed E-state index contributed by atoms with van der Waals surface area (Å²) >= 11 is 0. The first-order chi connectivity index (χ1) is 9.65. The van der Waals surface area contributed by atoms with Gasteiger partial charge in [0.05, 0.1) is 5.69 Å². The standard InChI is InChI=1S/C15H25N3O2/c1-2-3-11(6-7-19)9-17-15(20)14-8-12(16)10-18(14)13-4-5-13/h8,10-11,13,19H,2-7,9,16H2,1H3,(H,17,20). The number of aliphatic hydroxyl groups excluding tert-OH is 1. The highest BCUT2D eigenvalue weighted by Gasteiger charge is 2.27. The summed E-state index contributed by atoms with van der Waals surface area (Å²) in [6, 6.07) is 2.19. The molecule has 0 radical (unpaired) electrons. The van der Waals surface area contributed by atoms with Crippen LogP contribution in [0.2, 0.25) is 0 Å². The van der Waals surface area contributed by atoms with Gasteiger partial charge in [0.25, 0.3) is 5.91 Å². The van der Waals surface area contributed by atoms with Crippen molar-refractivity contribution < 1.29 is 9.90 Å². The lowest BCUT2D eigenvalue weighted by molar-refractivity contribution is 0.0933. The van der Waals surface area contributed by atoms with Gasteiger partial charge in [-0.15, -0.1) is 0 Å². The SMILES string of the molecule is CCCC(CCO)CNC(=O)c1cc(N)cn1C1CC1. The van der Waals surface area contributed by atoms with Gasteiger partial charge in [0.1, 0.15) is 5.69 Å². The average Bonchev–Trinajstić information content (AvgIpc) is 3.19. The zero-order valence-corrected chi connectivity index (χ0v) is 12.1. The molecule has 0 saturated heterocycles. The molecule has 1 heterocycles. The van der Waals surface area contributed by atoms with Crippen molar-refractivity contribution in [2.45, 2.75) is 45.1 Å². The van der Waals surface area contributed by atoms with Crippen LogP contribution in [0.1, 0.15) is 55.6 Å². The Kier molecular flexibility index (Phi) is 5.06. The van der Waals surface area contributed by atoms with E-state index in [2.05, 4.69) is 12.2 Å². The quantitative estimate of drug-likeness (QED) is 0.680. The highest BCUT2D eigenvalue weighted by molar-refractivity contribution is 5.93. The van der Waals surface area contributed by atoms with Gasteiger partial charge in [-0.1, -0.05) is 13.3 Å². The molecule has 1 amide bonds. The van der Waals surface area contributed by atoms with Crippen LogP contribution >= 0.6 is 0 Å². The van der Waals surface area contributed by atoms with Gasteiger partial charge in [0.2, 0.25) is 0 Å². The van der Waals surface area contributed by atoms with E-state index in [4.69, 9.17) is 10.8 Å². The topological polar surface area (TPSA) is 80.3 Å². The predicted octanol–water partition coefficient (Wildman–Crippen LogP) is 1.93. The minimum absolute atomic E-state index is 0.0624. The minimum Gasteiger partial charge on any atom is -0.397 e. The van der Waals surface area contributed by atoms with Crippen LogP contribution in [-0.4, -0.2) is 28.7 Å². The summed E-state index contributed by atoms with van der Waals surface area (Å²) in [5.41, 5.74) is 7.10. The van der Waals surface area contributed by atoms with Gasteiger partial charge in [-0.2, -0.15) is 0 Å². The molecular formula is C15H25N3O2. The lowest BCUT2D eigenvalue weighted by Gasteiger charge is -2.16. The molecule has 1 aromatic rings. The first-order valence-corrected chi connectivity index (χ1v) is 7.52. The number of nitrogens with one attached hydrogen (secondary N) is 1. The number of anilines is 1. The van der Waals surface area contributed by atoms with E-state index in [0.717, 1.165) is 32.1 Å². The number of carbonyl (C=O) groups is 1. The molecule has 20 heavy (non-hydrogen) atoms. The van der Waals surface area contributed by atoms with Crippen molar-refractivity contribution >= 4 is 11.6 Å². The van der Waals surface area contributed by atoms with E-state index >= 15 is 0 Å². The Balaban J connectivity index is 1.94. The number of nitrogen functional groups attached to an aromatic ring is 1. The number of carbonyl (C=O) groups excluding carboxylic acids is 1. The van der Waals surface area contributed by atoms with Crippen LogP contribution in [-0.2, 0) is 0 Å². The number of aromatic nitrogens is 1. The summed E-state index contributed by atoms with van der Waals surface area (Å²) < 4.78 is 1.99. The van der Waals surface area contributed by atoms with Crippen molar-refractivity contribution in [2.75, 3.05) is 18.9 Å². The van der Waals surface area contributed by atoms with Crippen LogP contribution in [0.25, 0.3) is 0 Å². The molecule has 5 heteroatoms. The Morgan fingerprint density at radius 2 is 2.30 bits per heavy atom. The van der Waals surface area contributed by atoms with Gasteiger partial charge in [0, 0.05) is 25.4 Å². The molecule has 1 atom stereocenters. The fourth-order valence-electron chi connectivity index (χ4n) is 2.60. The van der Waals surface area contributed by atoms with Crippen molar-refractivity contribution in [3.63, 3.8) is 0 Å². The zero-order chi connectivity index (χ0) is 14.5. The van der Waals surface area contributed by atoms with Gasteiger partial charge in [-0.3, -0.25) is 4.79 Å². The van der Waals surface area contributed by atoms with Gasteiger partial charge >= 0.3 is 0 Å². The number of rotatable bonds is 8. The number of hydrogen-bond acceptors (Lipinski definition) is 3. The van der Waals surface area contributed by atoms with Crippen molar-refractivity contribution in [2.24, 2.45) is 5.92 Å². The second-order valence-electron chi connectivity index (χ2n) is 5.67. The lowest BCUT2D eigenvalue weighted by atomic mass is 10.0. The molecular weight excluding hydrogens is 254 g/mol. The molecule has 1 saturated carbocycles. The molecule has 112 valence electrons. The van der Waals surface area contributed by atoms with Crippen LogP contribution in [0.5, 0.6) is 0 Å². The predicted molar refractivity (Wildman–Crippen MR) is 79.5 cm³/mol. The molecule has 5 nitrogen and oxygen atoms in total. The van der Waals surface area contributed by atoms with Crippen LogP contribution in [0.4, 0.5) is 5.69 Å². The maximum atomic E-state index is 12.3. The maximum absolute atomic E-state index is 12.3. The molecule has 0 aliphatic heterocycles. The molecule has 0 aromatic carbocycles. The number of hydrogen-bond donors (Lipinski definition) is 3. The summed E-state index contributed by atoms with van der Waals surface area (Å²) in [6.07, 6.45) is 6.91. The molecule has 1 aliphatic rings. The molecule has 1 aliphatic carbocycles. The number of aliphatic hydroxyl groups is 1. The van der Waals surface area contributed by atoms with Gasteiger partial charge < -0.3 is 20.7 Å². The zero-order valence-electron chi connectivity index (χ0n) is 12.1. The van der Waals surface area contributed by atoms with Crippen molar-refractivity contribution in [3.05, 3.63) is 18.0 Å². The molecule has 1 fully saturated rings. The molecule has 0 spiro atoms. The van der Waals surface area contributed by atoms with E-state index in [1.54, 1.807) is 6.07 Å². The lowest BCUT2D eigenvalue weighted by Crippen LogP contribution is -2.31. The van der Waals surface area contributed by atoms with Crippen LogP contribution in [0.3, 0.4) is 0 Å². The molecule has 2 rings (SSSR count). The second kappa shape index (κ2) is 6.79. The molecule has 1 aromatic heterocycles. The third-order valence-electron chi connectivity index (χ3n) is 3.83. The minimum atomic E-state index is -0.0624. The third kappa shape index (κ3) is 3.76. The van der Waals surface area contributed by atoms with E-state index in [1.807, 2.05) is 10.8 Å². The highest BCUT2D eigenvalue weighted by atomic mass is 16.3. The Bertz CT molecular complexity index is 446. The molecule has 0 bridgehead atoms. The number of amides is 1. The maximum Gasteiger partial charge on any atom is 0.268 e. The monoisotopic (exact) mass is 279 g/mol. The number of nitrogens with two attached hydrogens (primary N) is 1. The van der Waals surface area contributed by atoms with Crippen LogP contribution in [0.15, 0.2) is 12.3 Å². The first-order valence-electron chi connectivity index (χ1n) is 7.52. The molecule has 4 N–H and O–H groups in total. The van der Waals surface area contributed by atoms with Gasteiger partial charge in [-0.25, -0.2) is 0 Å². The summed E-state index contributed by atoms with van der Waals surface area (Å²) in [7, 11) is 0. The number of nitrogens with zero attached hydrogens (tertiary/aromatic N) is 1. The second-order valence-corrected chi connectivity index (χ2v) is 5.67. The fraction of sp³-hybridized carbons (Fsp3) is 0.667. The van der Waals surface area contributed by atoms with Gasteiger partial charge in [-0.05, 0) is 37.7 Å². The van der Waals surface area contributed by atoms with Crippen LogP contribution in [0, 0.1) is 5.92 Å². The summed E-state index contributed by atoms with van der Waals surface area (Å²) in [5, 5.41) is 12.0. The van der Waals surface area contributed by atoms with E-state index in [1.165, 1.54) is 0 Å². The largest absolute Gasteiger partial charge is 0.397 e. The first kappa shape index (κ1) is 14.9. The third-order valence-corrected chi connectivity index (χ3v) is 3.83. The normalized spacial score (nSPS) is 16.1. The highest BCUT2D eigenvalue weighted by Crippen LogP contribution is 2.37. The Hall–Kier alpha value is -1.49. The van der Waals surface area contributed by atoms with E-state index < -0.39 is 0 Å². The Morgan fingerprint density at radius 1 is 1.55 bits per heavy atom. The van der Waals surface area contributed by atoms with E-state index in [0.29, 0.717) is 29.9 Å². The Morgan fingerprint density at radius 3 is 2.90 bits per heavy atom. The van der Waals surface area contributed by atoms with Crippen molar-refractivity contribution in [1.29, 1.82) is 0 Å². The van der Waals surface area contributed by atoms with E-state index in [-0.39, 0.29) is 12.5 Å². The molecule has 1 unspecified atom stereocenters. The van der Waals surface area contributed by atoms with Crippen molar-refractivity contribution in [3.8, 4) is 0 Å².